The summed E-state index contributed by atoms with van der Waals surface area (Å²) in [4.78, 5) is 25.2. The van der Waals surface area contributed by atoms with Crippen molar-refractivity contribution < 1.29 is 18.9 Å². The molecule has 6 nitrogen and oxygen atoms in total. The Balaban J connectivity index is 0.000000151. The Morgan fingerprint density at radius 2 is 2.00 bits per heavy atom. The molecule has 1 aromatic rings. The normalized spacial score (nSPS) is 13.5. The second kappa shape index (κ2) is 6.25. The van der Waals surface area contributed by atoms with Gasteiger partial charge in [-0.1, -0.05) is 6.08 Å². The minimum atomic E-state index is 0.299. The number of hydrogen-bond donors (Lipinski definition) is 0. The van der Waals surface area contributed by atoms with Crippen LogP contribution in [0.4, 0.5) is 0 Å². The predicted octanol–water partition coefficient (Wildman–Crippen LogP) is 0.974. The predicted molar refractivity (Wildman–Crippen MR) is 49.9 cm³/mol. The summed E-state index contributed by atoms with van der Waals surface area (Å²) in [5.74, 6) is 0. The minimum Gasteiger partial charge on any atom is -0.199 e. The molecular formula is C9H10N2O4+2. The van der Waals surface area contributed by atoms with Crippen LogP contribution in [0.1, 0.15) is 0 Å². The summed E-state index contributed by atoms with van der Waals surface area (Å²) in [6.45, 7) is 0.299. The van der Waals surface area contributed by atoms with E-state index in [9.17, 15) is 9.81 Å². The van der Waals surface area contributed by atoms with Crippen molar-refractivity contribution in [2.75, 3.05) is 6.54 Å². The average molecular weight is 210 g/mol. The Bertz CT molecular complexity index is 389. The molecule has 0 N–H and O–H groups in total. The highest BCUT2D eigenvalue weighted by Gasteiger charge is 2.03. The van der Waals surface area contributed by atoms with Gasteiger partial charge in [-0.05, 0) is 18.2 Å². The first-order chi connectivity index (χ1) is 7.29. The molecule has 0 bridgehead atoms. The van der Waals surface area contributed by atoms with Gasteiger partial charge in [-0.15, -0.1) is 0 Å². The average Bonchev–Trinajstić information content (AvgIpc) is 2.48. The van der Waals surface area contributed by atoms with Gasteiger partial charge >= 0.3 is 0 Å². The van der Waals surface area contributed by atoms with Crippen LogP contribution in [0.15, 0.2) is 53.6 Å². The lowest BCUT2D eigenvalue weighted by Crippen LogP contribution is -2.08. The van der Waals surface area contributed by atoms with Crippen molar-refractivity contribution in [2.45, 2.75) is 0 Å². The number of allylic oxidation sites excluding steroid dienone is 2. The lowest BCUT2D eigenvalue weighted by atomic mass is 10.5. The second-order valence-electron chi connectivity index (χ2n) is 2.44. The van der Waals surface area contributed by atoms with Gasteiger partial charge in [-0.25, -0.2) is 0 Å². The standard InChI is InChI=1S/C5H6NO2.C4H4NO2/c7-6-4-2-1-3-5-8-6;6-5-3-1-2-4-7-5/h1-3,5H,4H2;1-4H/q2*+1. The topological polar surface area (TPSA) is 65.4 Å². The van der Waals surface area contributed by atoms with E-state index in [4.69, 9.17) is 0 Å². The lowest BCUT2D eigenvalue weighted by molar-refractivity contribution is -0.778. The highest BCUT2D eigenvalue weighted by atomic mass is 16.8. The van der Waals surface area contributed by atoms with Gasteiger partial charge < -0.3 is 0 Å². The van der Waals surface area contributed by atoms with Gasteiger partial charge in [0.2, 0.25) is 4.92 Å². The van der Waals surface area contributed by atoms with Gasteiger partial charge in [0.05, 0.1) is 9.81 Å². The van der Waals surface area contributed by atoms with Gasteiger partial charge in [0.25, 0.3) is 17.3 Å². The summed E-state index contributed by atoms with van der Waals surface area (Å²) in [5.41, 5.74) is 0. The maximum absolute atomic E-state index is 10.3. The third kappa shape index (κ3) is 5.14. The summed E-state index contributed by atoms with van der Waals surface area (Å²) < 4.78 is 4.66. The fourth-order valence-corrected chi connectivity index (χ4v) is 0.712. The van der Waals surface area contributed by atoms with Crippen molar-refractivity contribution in [3.05, 3.63) is 58.9 Å². The minimum absolute atomic E-state index is 0.299. The highest BCUT2D eigenvalue weighted by molar-refractivity contribution is 4.99. The van der Waals surface area contributed by atoms with E-state index >= 15 is 0 Å². The molecule has 1 aliphatic rings. The molecule has 0 fully saturated rings. The molecule has 0 amide bonds. The molecule has 0 spiro atoms. The molecule has 0 saturated heterocycles. The van der Waals surface area contributed by atoms with Crippen LogP contribution in [0.5, 0.6) is 0 Å². The largest absolute Gasteiger partial charge is 0.282 e. The molecule has 1 aromatic heterocycles. The smallest absolute Gasteiger partial charge is 0.199 e. The maximum atomic E-state index is 10.3. The van der Waals surface area contributed by atoms with Gasteiger partial charge in [0.1, 0.15) is 0 Å². The molecule has 15 heavy (non-hydrogen) atoms. The summed E-state index contributed by atoms with van der Waals surface area (Å²) in [6, 6.07) is 3.23. The van der Waals surface area contributed by atoms with Crippen LogP contribution in [0.2, 0.25) is 0 Å². The molecule has 78 valence electrons. The maximum Gasteiger partial charge on any atom is 0.282 e. The fourth-order valence-electron chi connectivity index (χ4n) is 0.712. The quantitative estimate of drug-likeness (QED) is 0.640. The van der Waals surface area contributed by atoms with Crippen LogP contribution in [-0.2, 0) is 4.84 Å². The monoisotopic (exact) mass is 210 g/mol. The van der Waals surface area contributed by atoms with Gasteiger partial charge in [-0.3, -0.25) is 0 Å². The molecule has 0 unspecified atom stereocenters. The molecular weight excluding hydrogens is 200 g/mol. The molecule has 6 heteroatoms. The second-order valence-corrected chi connectivity index (χ2v) is 2.44. The van der Waals surface area contributed by atoms with E-state index in [0.717, 1.165) is 0 Å². The Morgan fingerprint density at radius 3 is 2.60 bits per heavy atom. The van der Waals surface area contributed by atoms with E-state index < -0.39 is 0 Å². The SMILES string of the molecule is O=[N+]1CC=CC=CO1.O=[n+]1cccco1. The van der Waals surface area contributed by atoms with Gasteiger partial charge in [0.15, 0.2) is 12.5 Å². The summed E-state index contributed by atoms with van der Waals surface area (Å²) in [7, 11) is 0. The van der Waals surface area contributed by atoms with Crippen LogP contribution in [0, 0.1) is 9.81 Å². The number of rotatable bonds is 0. The lowest BCUT2D eigenvalue weighted by Gasteiger charge is -1.77. The van der Waals surface area contributed by atoms with Crippen molar-refractivity contribution in [1.29, 1.82) is 0 Å². The number of nitrogens with zero attached hydrogens (tertiary/aromatic N) is 2. The molecule has 0 aliphatic carbocycles. The van der Waals surface area contributed by atoms with Crippen LogP contribution >= 0.6 is 0 Å². The molecule has 0 atom stereocenters. The summed E-state index contributed by atoms with van der Waals surface area (Å²) in [6.07, 6.45) is 9.08. The van der Waals surface area contributed by atoms with Crippen molar-refractivity contribution in [1.82, 2.24) is 0 Å². The van der Waals surface area contributed by atoms with Crippen molar-refractivity contribution >= 4 is 0 Å². The molecule has 1 aliphatic heterocycles. The van der Waals surface area contributed by atoms with Crippen LogP contribution in [0.3, 0.4) is 0 Å². The molecule has 0 saturated carbocycles. The zero-order valence-electron chi connectivity index (χ0n) is 7.85. The fraction of sp³-hybridized carbons (Fsp3) is 0.111. The Morgan fingerprint density at radius 1 is 1.13 bits per heavy atom. The van der Waals surface area contributed by atoms with Crippen molar-refractivity contribution in [3.8, 4) is 0 Å². The molecule has 2 rings (SSSR count). The number of aromatic nitrogens is 1. The third-order valence-corrected chi connectivity index (χ3v) is 1.32. The van der Waals surface area contributed by atoms with E-state index in [1.165, 1.54) is 18.7 Å². The first-order valence-electron chi connectivity index (χ1n) is 4.18. The molecule has 0 radical (unpaired) electrons. The van der Waals surface area contributed by atoms with Gasteiger partial charge in [-0.2, -0.15) is 9.36 Å². The summed E-state index contributed by atoms with van der Waals surface area (Å²) >= 11 is 0. The van der Waals surface area contributed by atoms with Crippen molar-refractivity contribution in [3.63, 3.8) is 0 Å². The van der Waals surface area contributed by atoms with Crippen LogP contribution in [-0.4, -0.2) is 11.5 Å². The first-order valence-corrected chi connectivity index (χ1v) is 4.18. The Hall–Kier alpha value is -2.24. The summed E-state index contributed by atoms with van der Waals surface area (Å²) in [5, 5.41) is 0. The molecule has 0 aromatic carbocycles. The van der Waals surface area contributed by atoms with E-state index in [0.29, 0.717) is 16.1 Å². The third-order valence-electron chi connectivity index (χ3n) is 1.32. The zero-order valence-corrected chi connectivity index (χ0v) is 7.85. The van der Waals surface area contributed by atoms with Gasteiger partial charge in [0, 0.05) is 6.07 Å². The molecule has 2 heterocycles. The van der Waals surface area contributed by atoms with E-state index in [-0.39, 0.29) is 0 Å². The van der Waals surface area contributed by atoms with Crippen molar-refractivity contribution in [2.24, 2.45) is 0 Å². The highest BCUT2D eigenvalue weighted by Crippen LogP contribution is 1.88. The van der Waals surface area contributed by atoms with Crippen LogP contribution < -0.4 is 4.60 Å². The Labute approximate surface area is 85.2 Å². The van der Waals surface area contributed by atoms with E-state index in [2.05, 4.69) is 9.36 Å². The zero-order chi connectivity index (χ0) is 10.9. The van der Waals surface area contributed by atoms with E-state index in [1.54, 1.807) is 30.4 Å². The Kier molecular flexibility index (Phi) is 4.52. The van der Waals surface area contributed by atoms with Crippen LogP contribution in [0.25, 0.3) is 0 Å². The van der Waals surface area contributed by atoms with E-state index in [1.807, 2.05) is 0 Å². The number of hydrogen-bond acceptors (Lipinski definition) is 4. The first kappa shape index (κ1) is 10.8.